The van der Waals surface area contributed by atoms with Crippen molar-refractivity contribution in [3.05, 3.63) is 52.7 Å². The summed E-state index contributed by atoms with van der Waals surface area (Å²) in [6.07, 6.45) is 4.38. The molecule has 0 aromatic carbocycles. The number of carbonyl (C=O) groups excluding carboxylic acids is 1. The summed E-state index contributed by atoms with van der Waals surface area (Å²) in [6.45, 7) is 0. The molecular weight excluding hydrogens is 222 g/mol. The molecule has 2 aromatic heterocycles. The van der Waals surface area contributed by atoms with Crippen LogP contribution in [0.2, 0.25) is 0 Å². The second kappa shape index (κ2) is 4.56. The van der Waals surface area contributed by atoms with Gasteiger partial charge in [0.1, 0.15) is 0 Å². The first-order valence-corrected chi connectivity index (χ1v) is 4.81. The number of esters is 1. The number of carbonyl (C=O) groups is 1. The van der Waals surface area contributed by atoms with Crippen molar-refractivity contribution in [3.8, 4) is 5.95 Å². The Morgan fingerprint density at radius 2 is 2.00 bits per heavy atom. The van der Waals surface area contributed by atoms with Crippen molar-refractivity contribution < 1.29 is 9.53 Å². The second-order valence-corrected chi connectivity index (χ2v) is 3.17. The van der Waals surface area contributed by atoms with Crippen molar-refractivity contribution in [1.29, 1.82) is 0 Å². The molecule has 17 heavy (non-hydrogen) atoms. The van der Waals surface area contributed by atoms with Gasteiger partial charge >= 0.3 is 5.97 Å². The van der Waals surface area contributed by atoms with Gasteiger partial charge in [0.2, 0.25) is 5.95 Å². The van der Waals surface area contributed by atoms with Crippen molar-refractivity contribution in [3.63, 3.8) is 0 Å². The maximum atomic E-state index is 11.6. The molecule has 6 nitrogen and oxygen atoms in total. The lowest BCUT2D eigenvalue weighted by Gasteiger charge is -2.04. The van der Waals surface area contributed by atoms with Crippen molar-refractivity contribution in [2.24, 2.45) is 0 Å². The fraction of sp³-hybridized carbons (Fsp3) is 0.0909. The fourth-order valence-corrected chi connectivity index (χ4v) is 1.30. The van der Waals surface area contributed by atoms with Crippen LogP contribution in [0.5, 0.6) is 0 Å². The third kappa shape index (κ3) is 2.20. The topological polar surface area (TPSA) is 74.1 Å². The van der Waals surface area contributed by atoms with Crippen LogP contribution < -0.4 is 5.56 Å². The van der Waals surface area contributed by atoms with Crippen molar-refractivity contribution in [1.82, 2.24) is 14.5 Å². The summed E-state index contributed by atoms with van der Waals surface area (Å²) in [7, 11) is 1.27. The van der Waals surface area contributed by atoms with Crippen LogP contribution in [-0.4, -0.2) is 27.6 Å². The predicted octanol–water partition coefficient (Wildman–Crippen LogP) is 0.414. The molecule has 0 bridgehead atoms. The third-order valence-corrected chi connectivity index (χ3v) is 2.10. The Kier molecular flexibility index (Phi) is 2.95. The van der Waals surface area contributed by atoms with Gasteiger partial charge in [-0.2, -0.15) is 0 Å². The van der Waals surface area contributed by atoms with Crippen LogP contribution in [-0.2, 0) is 4.74 Å². The molecule has 2 heterocycles. The average Bonchev–Trinajstić information content (AvgIpc) is 2.39. The van der Waals surface area contributed by atoms with Gasteiger partial charge in [0, 0.05) is 24.7 Å². The Labute approximate surface area is 96.5 Å². The standard InChI is InChI=1S/C11H9N3O3/c1-17-10(16)8-3-4-9(15)14(7-8)11-12-5-2-6-13-11/h2-7H,1H3. The number of aromatic nitrogens is 3. The molecule has 0 spiro atoms. The van der Waals surface area contributed by atoms with E-state index < -0.39 is 5.97 Å². The highest BCUT2D eigenvalue weighted by Gasteiger charge is 2.09. The summed E-state index contributed by atoms with van der Waals surface area (Å²) in [5.74, 6) is -0.307. The number of ether oxygens (including phenoxy) is 1. The van der Waals surface area contributed by atoms with E-state index in [0.717, 1.165) is 0 Å². The summed E-state index contributed by atoms with van der Waals surface area (Å²) in [6, 6.07) is 4.30. The van der Waals surface area contributed by atoms with E-state index in [1.165, 1.54) is 42.4 Å². The molecule has 0 radical (unpaired) electrons. The fourth-order valence-electron chi connectivity index (χ4n) is 1.30. The van der Waals surface area contributed by atoms with E-state index in [-0.39, 0.29) is 17.1 Å². The molecule has 0 N–H and O–H groups in total. The minimum Gasteiger partial charge on any atom is -0.465 e. The van der Waals surface area contributed by atoms with Crippen molar-refractivity contribution in [2.75, 3.05) is 7.11 Å². The SMILES string of the molecule is COC(=O)c1ccc(=O)n(-c2ncccn2)c1. The first-order chi connectivity index (χ1) is 8.22. The van der Waals surface area contributed by atoms with Gasteiger partial charge in [-0.15, -0.1) is 0 Å². The van der Waals surface area contributed by atoms with Gasteiger partial charge in [-0.05, 0) is 12.1 Å². The molecular formula is C11H9N3O3. The zero-order valence-corrected chi connectivity index (χ0v) is 9.03. The third-order valence-electron chi connectivity index (χ3n) is 2.10. The molecule has 0 fully saturated rings. The number of pyridine rings is 1. The first kappa shape index (κ1) is 11.0. The summed E-state index contributed by atoms with van der Waals surface area (Å²) in [5.41, 5.74) is -0.0524. The second-order valence-electron chi connectivity index (χ2n) is 3.17. The van der Waals surface area contributed by atoms with E-state index in [2.05, 4.69) is 14.7 Å². The zero-order valence-electron chi connectivity index (χ0n) is 9.03. The number of hydrogen-bond acceptors (Lipinski definition) is 5. The van der Waals surface area contributed by atoms with Gasteiger partial charge in [-0.3, -0.25) is 9.36 Å². The molecule has 0 saturated carbocycles. The van der Waals surface area contributed by atoms with E-state index in [9.17, 15) is 9.59 Å². The Morgan fingerprint density at radius 1 is 1.29 bits per heavy atom. The number of nitrogens with zero attached hydrogens (tertiary/aromatic N) is 3. The van der Waals surface area contributed by atoms with Crippen LogP contribution >= 0.6 is 0 Å². The molecule has 2 aromatic rings. The Hall–Kier alpha value is -2.50. The van der Waals surface area contributed by atoms with Gasteiger partial charge in [0.25, 0.3) is 5.56 Å². The van der Waals surface area contributed by atoms with E-state index >= 15 is 0 Å². The largest absolute Gasteiger partial charge is 0.465 e. The molecule has 0 unspecified atom stereocenters. The smallest absolute Gasteiger partial charge is 0.339 e. The molecule has 0 saturated heterocycles. The molecule has 0 amide bonds. The normalized spacial score (nSPS) is 9.94. The van der Waals surface area contributed by atoms with Crippen LogP contribution in [0, 0.1) is 0 Å². The van der Waals surface area contributed by atoms with E-state index in [0.29, 0.717) is 0 Å². The molecule has 0 atom stereocenters. The number of rotatable bonds is 2. The van der Waals surface area contributed by atoms with E-state index in [1.54, 1.807) is 6.07 Å². The average molecular weight is 231 g/mol. The Balaban J connectivity index is 2.55. The summed E-state index contributed by atoms with van der Waals surface area (Å²) in [5, 5.41) is 0. The lowest BCUT2D eigenvalue weighted by atomic mass is 10.3. The molecule has 6 heteroatoms. The minimum atomic E-state index is -0.519. The Bertz CT molecular complexity index is 592. The highest BCUT2D eigenvalue weighted by atomic mass is 16.5. The zero-order chi connectivity index (χ0) is 12.3. The van der Waals surface area contributed by atoms with Crippen molar-refractivity contribution >= 4 is 5.97 Å². The van der Waals surface area contributed by atoms with Gasteiger partial charge in [0.15, 0.2) is 0 Å². The van der Waals surface area contributed by atoms with E-state index in [1.807, 2.05) is 0 Å². The summed E-state index contributed by atoms with van der Waals surface area (Å²) in [4.78, 5) is 30.8. The summed E-state index contributed by atoms with van der Waals surface area (Å²) < 4.78 is 5.76. The molecule has 0 aliphatic carbocycles. The summed E-state index contributed by atoms with van der Waals surface area (Å²) >= 11 is 0. The van der Waals surface area contributed by atoms with Gasteiger partial charge in [-0.25, -0.2) is 14.8 Å². The van der Waals surface area contributed by atoms with Crippen LogP contribution in [0.15, 0.2) is 41.6 Å². The highest BCUT2D eigenvalue weighted by Crippen LogP contribution is 2.01. The predicted molar refractivity (Wildman–Crippen MR) is 59.0 cm³/mol. The van der Waals surface area contributed by atoms with Crippen LogP contribution in [0.25, 0.3) is 5.95 Å². The van der Waals surface area contributed by atoms with E-state index in [4.69, 9.17) is 0 Å². The molecule has 86 valence electrons. The van der Waals surface area contributed by atoms with Gasteiger partial charge in [-0.1, -0.05) is 0 Å². The van der Waals surface area contributed by atoms with Gasteiger partial charge in [0.05, 0.1) is 12.7 Å². The van der Waals surface area contributed by atoms with Crippen LogP contribution in [0.4, 0.5) is 0 Å². The minimum absolute atomic E-state index is 0.211. The molecule has 2 rings (SSSR count). The molecule has 0 aliphatic rings. The lowest BCUT2D eigenvalue weighted by molar-refractivity contribution is 0.0600. The molecule has 0 aliphatic heterocycles. The maximum Gasteiger partial charge on any atom is 0.339 e. The quantitative estimate of drug-likeness (QED) is 0.700. The number of hydrogen-bond donors (Lipinski definition) is 0. The van der Waals surface area contributed by atoms with Crippen LogP contribution in [0.3, 0.4) is 0 Å². The van der Waals surface area contributed by atoms with Crippen molar-refractivity contribution in [2.45, 2.75) is 0 Å². The van der Waals surface area contributed by atoms with Gasteiger partial charge < -0.3 is 4.74 Å². The number of methoxy groups -OCH3 is 1. The van der Waals surface area contributed by atoms with Crippen LogP contribution in [0.1, 0.15) is 10.4 Å². The highest BCUT2D eigenvalue weighted by molar-refractivity contribution is 5.88. The monoisotopic (exact) mass is 231 g/mol. The Morgan fingerprint density at radius 3 is 2.65 bits per heavy atom. The lowest BCUT2D eigenvalue weighted by Crippen LogP contribution is -2.20. The first-order valence-electron chi connectivity index (χ1n) is 4.81. The maximum absolute atomic E-state index is 11.6.